The highest BCUT2D eigenvalue weighted by atomic mass is 16.4. The van der Waals surface area contributed by atoms with E-state index in [2.05, 4.69) is 27.7 Å². The number of hydrogen-bond acceptors (Lipinski definition) is 2. The molecule has 0 saturated carbocycles. The first-order valence-corrected chi connectivity index (χ1v) is 12.1. The van der Waals surface area contributed by atoms with Crippen molar-refractivity contribution in [2.24, 2.45) is 17.3 Å². The van der Waals surface area contributed by atoms with Crippen molar-refractivity contribution >= 4 is 11.9 Å². The van der Waals surface area contributed by atoms with Gasteiger partial charge in [0, 0.05) is 6.42 Å². The summed E-state index contributed by atoms with van der Waals surface area (Å²) >= 11 is 0. The molecule has 0 aliphatic rings. The molecular weight excluding hydrogens is 364 g/mol. The number of hydrogen-bond donors (Lipinski definition) is 2. The molecule has 29 heavy (non-hydrogen) atoms. The summed E-state index contributed by atoms with van der Waals surface area (Å²) in [6.45, 7) is 8.96. The first-order valence-electron chi connectivity index (χ1n) is 12.1. The summed E-state index contributed by atoms with van der Waals surface area (Å²) < 4.78 is 0. The molecule has 0 aliphatic heterocycles. The van der Waals surface area contributed by atoms with Crippen LogP contribution < -0.4 is 0 Å². The molecule has 172 valence electrons. The second-order valence-corrected chi connectivity index (χ2v) is 9.88. The van der Waals surface area contributed by atoms with Gasteiger partial charge in [-0.2, -0.15) is 0 Å². The van der Waals surface area contributed by atoms with Crippen molar-refractivity contribution in [3.8, 4) is 0 Å². The van der Waals surface area contributed by atoms with Gasteiger partial charge in [-0.25, -0.2) is 0 Å². The maximum atomic E-state index is 12.3. The van der Waals surface area contributed by atoms with E-state index in [9.17, 15) is 14.7 Å². The Morgan fingerprint density at radius 2 is 1.00 bits per heavy atom. The average Bonchev–Trinajstić information content (AvgIpc) is 2.62. The van der Waals surface area contributed by atoms with Crippen LogP contribution in [0.3, 0.4) is 0 Å². The maximum Gasteiger partial charge on any atom is 0.309 e. The third-order valence-corrected chi connectivity index (χ3v) is 6.12. The Morgan fingerprint density at radius 1 is 0.621 bits per heavy atom. The quantitative estimate of drug-likeness (QED) is 0.201. The number of carbonyl (C=O) groups is 2. The molecule has 0 aromatic rings. The van der Waals surface area contributed by atoms with E-state index in [1.807, 2.05) is 0 Å². The lowest BCUT2D eigenvalue weighted by molar-refractivity contribution is -0.150. The molecule has 4 nitrogen and oxygen atoms in total. The number of carboxylic acid groups (broad SMARTS) is 2. The highest BCUT2D eigenvalue weighted by Gasteiger charge is 2.36. The van der Waals surface area contributed by atoms with Gasteiger partial charge < -0.3 is 10.2 Å². The molecular formula is C25H48O4. The summed E-state index contributed by atoms with van der Waals surface area (Å²) in [6, 6.07) is 0. The minimum atomic E-state index is -0.743. The van der Waals surface area contributed by atoms with E-state index in [1.165, 1.54) is 25.7 Å². The van der Waals surface area contributed by atoms with Crippen LogP contribution in [0.25, 0.3) is 0 Å². The number of unbranched alkanes of at least 4 members (excludes halogenated alkanes) is 7. The Bertz CT molecular complexity index is 411. The van der Waals surface area contributed by atoms with Crippen LogP contribution in [0, 0.1) is 17.3 Å². The first-order chi connectivity index (χ1) is 13.7. The van der Waals surface area contributed by atoms with E-state index in [1.54, 1.807) is 0 Å². The molecule has 0 bridgehead atoms. The summed E-state index contributed by atoms with van der Waals surface area (Å²) in [5.41, 5.74) is -0.581. The van der Waals surface area contributed by atoms with Gasteiger partial charge in [0.2, 0.25) is 0 Å². The molecule has 0 aliphatic carbocycles. The molecule has 0 heterocycles. The monoisotopic (exact) mass is 412 g/mol. The molecule has 0 aromatic carbocycles. The van der Waals surface area contributed by atoms with Gasteiger partial charge in [-0.3, -0.25) is 9.59 Å². The van der Waals surface area contributed by atoms with Crippen molar-refractivity contribution < 1.29 is 19.8 Å². The predicted molar refractivity (Wildman–Crippen MR) is 121 cm³/mol. The van der Waals surface area contributed by atoms with E-state index in [4.69, 9.17) is 5.11 Å². The minimum absolute atomic E-state index is 0.218. The number of aliphatic carboxylic acids is 2. The van der Waals surface area contributed by atoms with Crippen molar-refractivity contribution in [2.75, 3.05) is 0 Å². The van der Waals surface area contributed by atoms with Crippen molar-refractivity contribution in [1.82, 2.24) is 0 Å². The minimum Gasteiger partial charge on any atom is -0.481 e. The standard InChI is InChI=1S/C25H48O4/c1-21(2)15-9-7-13-19-25(24(28)29,20-14-8-10-16-22(3)4)18-12-6-5-11-17-23(26)27/h21-22H,5-20H2,1-4H3,(H,26,27)(H,28,29). The van der Waals surface area contributed by atoms with E-state index < -0.39 is 17.4 Å². The molecule has 0 rings (SSSR count). The third kappa shape index (κ3) is 15.4. The van der Waals surface area contributed by atoms with Gasteiger partial charge in [0.25, 0.3) is 0 Å². The predicted octanol–water partition coefficient (Wildman–Crippen LogP) is 7.70. The zero-order valence-corrected chi connectivity index (χ0v) is 19.7. The Labute approximate surface area is 179 Å². The summed E-state index contributed by atoms with van der Waals surface area (Å²) in [5, 5.41) is 18.9. The normalized spacial score (nSPS) is 12.1. The van der Waals surface area contributed by atoms with Gasteiger partial charge in [-0.1, -0.05) is 98.3 Å². The van der Waals surface area contributed by atoms with Crippen molar-refractivity contribution in [1.29, 1.82) is 0 Å². The zero-order chi connectivity index (χ0) is 22.1. The van der Waals surface area contributed by atoms with Crippen LogP contribution >= 0.6 is 0 Å². The lowest BCUT2D eigenvalue weighted by Crippen LogP contribution is -2.31. The van der Waals surface area contributed by atoms with Gasteiger partial charge in [0.15, 0.2) is 0 Å². The Balaban J connectivity index is 4.59. The molecule has 2 N–H and O–H groups in total. The third-order valence-electron chi connectivity index (χ3n) is 6.12. The van der Waals surface area contributed by atoms with E-state index in [-0.39, 0.29) is 6.42 Å². The second-order valence-electron chi connectivity index (χ2n) is 9.88. The highest BCUT2D eigenvalue weighted by molar-refractivity contribution is 5.74. The van der Waals surface area contributed by atoms with E-state index in [0.717, 1.165) is 64.2 Å². The smallest absolute Gasteiger partial charge is 0.309 e. The molecule has 0 atom stereocenters. The maximum absolute atomic E-state index is 12.3. The SMILES string of the molecule is CC(C)CCCCCC(CCCCCCC(=O)O)(CCCCCC(C)C)C(=O)O. The van der Waals surface area contributed by atoms with Crippen molar-refractivity contribution in [3.63, 3.8) is 0 Å². The fourth-order valence-corrected chi connectivity index (χ4v) is 4.17. The van der Waals surface area contributed by atoms with Crippen molar-refractivity contribution in [2.45, 2.75) is 130 Å². The van der Waals surface area contributed by atoms with E-state index >= 15 is 0 Å². The largest absolute Gasteiger partial charge is 0.481 e. The second kappa shape index (κ2) is 16.7. The van der Waals surface area contributed by atoms with Crippen LogP contribution in [0.5, 0.6) is 0 Å². The summed E-state index contributed by atoms with van der Waals surface area (Å²) in [7, 11) is 0. The molecule has 0 radical (unpaired) electrons. The van der Waals surface area contributed by atoms with Crippen LogP contribution in [0.15, 0.2) is 0 Å². The Kier molecular flexibility index (Phi) is 16.1. The van der Waals surface area contributed by atoms with Crippen LogP contribution in [0.1, 0.15) is 130 Å². The lowest BCUT2D eigenvalue weighted by atomic mass is 9.74. The summed E-state index contributed by atoms with van der Waals surface area (Å²) in [4.78, 5) is 22.9. The zero-order valence-electron chi connectivity index (χ0n) is 19.7. The van der Waals surface area contributed by atoms with Crippen LogP contribution in [-0.4, -0.2) is 22.2 Å². The summed E-state index contributed by atoms with van der Waals surface area (Å²) in [6.07, 6.45) is 15.0. The average molecular weight is 413 g/mol. The summed E-state index contributed by atoms with van der Waals surface area (Å²) in [5.74, 6) is 0.0698. The van der Waals surface area contributed by atoms with Gasteiger partial charge in [-0.05, 0) is 37.5 Å². The highest BCUT2D eigenvalue weighted by Crippen LogP contribution is 2.38. The molecule has 0 unspecified atom stereocenters. The Hall–Kier alpha value is -1.06. The Morgan fingerprint density at radius 3 is 1.34 bits per heavy atom. The van der Waals surface area contributed by atoms with Gasteiger partial charge >= 0.3 is 11.9 Å². The molecule has 0 amide bonds. The van der Waals surface area contributed by atoms with Crippen molar-refractivity contribution in [3.05, 3.63) is 0 Å². The van der Waals surface area contributed by atoms with Gasteiger partial charge in [0.1, 0.15) is 0 Å². The lowest BCUT2D eigenvalue weighted by Gasteiger charge is -2.30. The molecule has 0 saturated heterocycles. The van der Waals surface area contributed by atoms with Crippen LogP contribution in [0.4, 0.5) is 0 Å². The fourth-order valence-electron chi connectivity index (χ4n) is 4.17. The topological polar surface area (TPSA) is 74.6 Å². The van der Waals surface area contributed by atoms with Crippen LogP contribution in [-0.2, 0) is 9.59 Å². The molecule has 0 aromatic heterocycles. The van der Waals surface area contributed by atoms with Gasteiger partial charge in [0.05, 0.1) is 5.41 Å². The molecule has 4 heteroatoms. The fraction of sp³-hybridized carbons (Fsp3) is 0.920. The van der Waals surface area contributed by atoms with Crippen LogP contribution in [0.2, 0.25) is 0 Å². The number of carboxylic acids is 2. The molecule has 0 spiro atoms. The first kappa shape index (κ1) is 27.9. The number of rotatable bonds is 20. The van der Waals surface area contributed by atoms with Gasteiger partial charge in [-0.15, -0.1) is 0 Å². The molecule has 0 fully saturated rings. The van der Waals surface area contributed by atoms with E-state index in [0.29, 0.717) is 18.3 Å².